The summed E-state index contributed by atoms with van der Waals surface area (Å²) in [5.74, 6) is 1.02. The molecule has 1 amide bonds. The standard InChI is InChI=1S/C21H25N3O/c1-2-15-5-7-16(8-6-15)19-14-24(20-9-11-23-13-18(19)20)21(25)17-4-3-10-22-12-17/h3-8,10,12,18-20,23H,2,9,11,13-14H2,1H3/t18-,19-,20-/m1/s1. The number of likely N-dealkylation sites (tertiary alicyclic amines) is 1. The van der Waals surface area contributed by atoms with Gasteiger partial charge in [-0.1, -0.05) is 31.2 Å². The fourth-order valence-electron chi connectivity index (χ4n) is 4.39. The Morgan fingerprint density at radius 1 is 1.28 bits per heavy atom. The van der Waals surface area contributed by atoms with Crippen molar-refractivity contribution in [2.24, 2.45) is 5.92 Å². The fraction of sp³-hybridized carbons (Fsp3) is 0.429. The molecule has 0 bridgehead atoms. The summed E-state index contributed by atoms with van der Waals surface area (Å²) in [6, 6.07) is 13.0. The maximum Gasteiger partial charge on any atom is 0.255 e. The van der Waals surface area contributed by atoms with Crippen molar-refractivity contribution in [1.82, 2.24) is 15.2 Å². The quantitative estimate of drug-likeness (QED) is 0.938. The zero-order valence-corrected chi connectivity index (χ0v) is 14.7. The maximum absolute atomic E-state index is 13.0. The zero-order valence-electron chi connectivity index (χ0n) is 14.7. The van der Waals surface area contributed by atoms with Gasteiger partial charge in [0.1, 0.15) is 0 Å². The highest BCUT2D eigenvalue weighted by atomic mass is 16.2. The lowest BCUT2D eigenvalue weighted by Crippen LogP contribution is -2.46. The lowest BCUT2D eigenvalue weighted by atomic mass is 9.82. The number of pyridine rings is 1. The van der Waals surface area contributed by atoms with Gasteiger partial charge >= 0.3 is 0 Å². The molecule has 4 nitrogen and oxygen atoms in total. The van der Waals surface area contributed by atoms with Crippen LogP contribution in [-0.2, 0) is 6.42 Å². The van der Waals surface area contributed by atoms with Crippen LogP contribution >= 0.6 is 0 Å². The molecule has 2 aromatic rings. The molecule has 0 unspecified atom stereocenters. The van der Waals surface area contributed by atoms with E-state index in [2.05, 4.69) is 46.4 Å². The van der Waals surface area contributed by atoms with Gasteiger partial charge in [0.05, 0.1) is 5.56 Å². The molecule has 1 aromatic heterocycles. The lowest BCUT2D eigenvalue weighted by molar-refractivity contribution is 0.0697. The molecule has 2 aliphatic rings. The van der Waals surface area contributed by atoms with Gasteiger partial charge in [-0.3, -0.25) is 9.78 Å². The van der Waals surface area contributed by atoms with E-state index in [-0.39, 0.29) is 5.91 Å². The van der Waals surface area contributed by atoms with E-state index in [1.54, 1.807) is 12.4 Å². The summed E-state index contributed by atoms with van der Waals surface area (Å²) >= 11 is 0. The summed E-state index contributed by atoms with van der Waals surface area (Å²) < 4.78 is 0. The summed E-state index contributed by atoms with van der Waals surface area (Å²) in [6.07, 6.45) is 5.48. The number of hydrogen-bond acceptors (Lipinski definition) is 3. The van der Waals surface area contributed by atoms with Crippen molar-refractivity contribution in [3.63, 3.8) is 0 Å². The van der Waals surface area contributed by atoms with Crippen LogP contribution in [0.15, 0.2) is 48.8 Å². The Labute approximate surface area is 149 Å². The van der Waals surface area contributed by atoms with Crippen molar-refractivity contribution in [2.45, 2.75) is 31.7 Å². The molecule has 1 aromatic carbocycles. The molecule has 25 heavy (non-hydrogen) atoms. The Kier molecular flexibility index (Phi) is 4.53. The molecule has 3 atom stereocenters. The van der Waals surface area contributed by atoms with E-state index in [0.717, 1.165) is 32.5 Å². The summed E-state index contributed by atoms with van der Waals surface area (Å²) in [7, 11) is 0. The third-order valence-corrected chi connectivity index (χ3v) is 5.79. The Bertz CT molecular complexity index is 729. The highest BCUT2D eigenvalue weighted by molar-refractivity contribution is 5.94. The summed E-state index contributed by atoms with van der Waals surface area (Å²) in [5, 5.41) is 3.53. The molecule has 0 spiro atoms. The molecule has 1 N–H and O–H groups in total. The van der Waals surface area contributed by atoms with Crippen LogP contribution in [0.25, 0.3) is 0 Å². The van der Waals surface area contributed by atoms with Crippen molar-refractivity contribution < 1.29 is 4.79 Å². The number of carbonyl (C=O) groups excluding carboxylic acids is 1. The van der Waals surface area contributed by atoms with Gasteiger partial charge in [-0.25, -0.2) is 0 Å². The molecule has 4 heteroatoms. The van der Waals surface area contributed by atoms with Gasteiger partial charge in [-0.2, -0.15) is 0 Å². The van der Waals surface area contributed by atoms with E-state index in [1.165, 1.54) is 11.1 Å². The Morgan fingerprint density at radius 3 is 2.84 bits per heavy atom. The number of aromatic nitrogens is 1. The van der Waals surface area contributed by atoms with Gasteiger partial charge < -0.3 is 10.2 Å². The Hall–Kier alpha value is -2.20. The number of nitrogens with one attached hydrogen (secondary N) is 1. The molecule has 0 aliphatic carbocycles. The maximum atomic E-state index is 13.0. The molecular formula is C21H25N3O. The van der Waals surface area contributed by atoms with Gasteiger partial charge in [0.25, 0.3) is 5.91 Å². The van der Waals surface area contributed by atoms with Crippen LogP contribution in [0, 0.1) is 5.92 Å². The van der Waals surface area contributed by atoms with E-state index in [9.17, 15) is 4.79 Å². The minimum Gasteiger partial charge on any atom is -0.335 e. The van der Waals surface area contributed by atoms with Crippen molar-refractivity contribution in [3.05, 3.63) is 65.5 Å². The molecule has 3 heterocycles. The lowest BCUT2D eigenvalue weighted by Gasteiger charge is -2.33. The highest BCUT2D eigenvalue weighted by Crippen LogP contribution is 2.40. The van der Waals surface area contributed by atoms with Crippen LogP contribution in [0.4, 0.5) is 0 Å². The van der Waals surface area contributed by atoms with E-state index >= 15 is 0 Å². The number of aryl methyl sites for hydroxylation is 1. The first-order valence-corrected chi connectivity index (χ1v) is 9.28. The molecule has 130 valence electrons. The molecule has 4 rings (SSSR count). The topological polar surface area (TPSA) is 45.2 Å². The predicted molar refractivity (Wildman–Crippen MR) is 98.6 cm³/mol. The zero-order chi connectivity index (χ0) is 17.2. The van der Waals surface area contributed by atoms with E-state index in [4.69, 9.17) is 0 Å². The average Bonchev–Trinajstić information content (AvgIpc) is 3.08. The third kappa shape index (κ3) is 3.07. The van der Waals surface area contributed by atoms with Crippen LogP contribution in [0.1, 0.15) is 40.7 Å². The second kappa shape index (κ2) is 6.96. The van der Waals surface area contributed by atoms with Gasteiger partial charge in [0, 0.05) is 43.4 Å². The van der Waals surface area contributed by atoms with Gasteiger partial charge in [0.2, 0.25) is 0 Å². The average molecular weight is 335 g/mol. The monoisotopic (exact) mass is 335 g/mol. The van der Waals surface area contributed by atoms with E-state index in [1.807, 2.05) is 12.1 Å². The van der Waals surface area contributed by atoms with Crippen LogP contribution in [0.2, 0.25) is 0 Å². The number of fused-ring (bicyclic) bond motifs is 1. The molecule has 0 saturated carbocycles. The second-order valence-electron chi connectivity index (χ2n) is 7.12. The summed E-state index contributed by atoms with van der Waals surface area (Å²) in [6.45, 7) is 4.96. The molecule has 2 fully saturated rings. The van der Waals surface area contributed by atoms with E-state index in [0.29, 0.717) is 23.4 Å². The van der Waals surface area contributed by atoms with Crippen molar-refractivity contribution >= 4 is 5.91 Å². The van der Waals surface area contributed by atoms with Gasteiger partial charge in [-0.05, 0) is 42.6 Å². The van der Waals surface area contributed by atoms with E-state index < -0.39 is 0 Å². The Morgan fingerprint density at radius 2 is 2.12 bits per heavy atom. The first-order valence-electron chi connectivity index (χ1n) is 9.28. The number of amides is 1. The largest absolute Gasteiger partial charge is 0.335 e. The normalized spacial score (nSPS) is 25.6. The third-order valence-electron chi connectivity index (χ3n) is 5.79. The van der Waals surface area contributed by atoms with Crippen molar-refractivity contribution in [2.75, 3.05) is 19.6 Å². The van der Waals surface area contributed by atoms with Crippen LogP contribution < -0.4 is 5.32 Å². The van der Waals surface area contributed by atoms with Crippen molar-refractivity contribution in [3.8, 4) is 0 Å². The SMILES string of the molecule is CCc1ccc([C@H]2CN(C(=O)c3cccnc3)[C@@H]3CCNC[C@H]23)cc1. The minimum atomic E-state index is 0.123. The Balaban J connectivity index is 1.62. The second-order valence-corrected chi connectivity index (χ2v) is 7.12. The molecule has 0 radical (unpaired) electrons. The summed E-state index contributed by atoms with van der Waals surface area (Å²) in [4.78, 5) is 19.3. The van der Waals surface area contributed by atoms with Gasteiger partial charge in [0.15, 0.2) is 0 Å². The number of rotatable bonds is 3. The predicted octanol–water partition coefficient (Wildman–Crippen LogP) is 2.86. The smallest absolute Gasteiger partial charge is 0.255 e. The number of hydrogen-bond donors (Lipinski definition) is 1. The minimum absolute atomic E-state index is 0.123. The molecule has 2 saturated heterocycles. The number of benzene rings is 1. The van der Waals surface area contributed by atoms with Crippen LogP contribution in [0.3, 0.4) is 0 Å². The number of nitrogens with zero attached hydrogens (tertiary/aromatic N) is 2. The van der Waals surface area contributed by atoms with Crippen LogP contribution in [-0.4, -0.2) is 41.5 Å². The first kappa shape index (κ1) is 16.3. The fourth-order valence-corrected chi connectivity index (χ4v) is 4.39. The van der Waals surface area contributed by atoms with Crippen LogP contribution in [0.5, 0.6) is 0 Å². The van der Waals surface area contributed by atoms with Gasteiger partial charge in [-0.15, -0.1) is 0 Å². The van der Waals surface area contributed by atoms with Crippen molar-refractivity contribution in [1.29, 1.82) is 0 Å². The summed E-state index contributed by atoms with van der Waals surface area (Å²) in [5.41, 5.74) is 3.42. The molecular weight excluding hydrogens is 310 g/mol. The number of piperidine rings is 1. The first-order chi connectivity index (χ1) is 12.3. The molecule has 2 aliphatic heterocycles. The number of carbonyl (C=O) groups is 1. The highest BCUT2D eigenvalue weighted by Gasteiger charge is 2.45.